The van der Waals surface area contributed by atoms with Crippen molar-refractivity contribution >= 4 is 25.7 Å². The van der Waals surface area contributed by atoms with Crippen LogP contribution < -0.4 is 0 Å². The third-order valence-electron chi connectivity index (χ3n) is 2.40. The number of carbonyl (C=O) groups is 1. The molecule has 18 heavy (non-hydrogen) atoms. The third kappa shape index (κ3) is 3.71. The van der Waals surface area contributed by atoms with Gasteiger partial charge < -0.3 is 4.74 Å². The molecule has 0 aliphatic heterocycles. The first-order valence-corrected chi connectivity index (χ1v) is 7.95. The Kier molecular flexibility index (Phi) is 5.16. The fourth-order valence-corrected chi connectivity index (χ4v) is 2.26. The molecule has 0 fully saturated rings. The summed E-state index contributed by atoms with van der Waals surface area (Å²) in [7, 11) is 1.42. The van der Waals surface area contributed by atoms with Gasteiger partial charge in [0.2, 0.25) is 0 Å². The van der Waals surface area contributed by atoms with Crippen LogP contribution in [0.2, 0.25) is 0 Å². The summed E-state index contributed by atoms with van der Waals surface area (Å²) in [6, 6.07) is 4.23. The average molecular weight is 291 g/mol. The molecule has 0 radical (unpaired) electrons. The van der Waals surface area contributed by atoms with Gasteiger partial charge in [0, 0.05) is 10.7 Å². The van der Waals surface area contributed by atoms with E-state index in [0.29, 0.717) is 19.4 Å². The molecule has 0 spiro atoms. The highest BCUT2D eigenvalue weighted by Crippen LogP contribution is 2.20. The minimum Gasteiger partial charge on any atom is -0.462 e. The molecule has 0 aliphatic carbocycles. The molecular weight excluding hydrogens is 276 g/mol. The lowest BCUT2D eigenvalue weighted by Crippen LogP contribution is -2.10. The van der Waals surface area contributed by atoms with Crippen molar-refractivity contribution in [1.29, 1.82) is 0 Å². The van der Waals surface area contributed by atoms with Gasteiger partial charge in [0.15, 0.2) is 0 Å². The van der Waals surface area contributed by atoms with E-state index in [-0.39, 0.29) is 10.5 Å². The Hall–Kier alpha value is -1.07. The second-order valence-corrected chi connectivity index (χ2v) is 6.31. The number of benzene rings is 1. The average Bonchev–Trinajstić information content (AvgIpc) is 2.34. The highest BCUT2D eigenvalue weighted by Gasteiger charge is 2.17. The minimum absolute atomic E-state index is 0.0928. The molecular formula is C12H15ClO4S. The van der Waals surface area contributed by atoms with E-state index >= 15 is 0 Å². The van der Waals surface area contributed by atoms with E-state index in [9.17, 15) is 13.2 Å². The lowest BCUT2D eigenvalue weighted by atomic mass is 10.1. The van der Waals surface area contributed by atoms with E-state index in [0.717, 1.165) is 5.56 Å². The number of halogens is 1. The van der Waals surface area contributed by atoms with E-state index in [1.165, 1.54) is 12.1 Å². The van der Waals surface area contributed by atoms with E-state index in [1.807, 2.05) is 13.8 Å². The lowest BCUT2D eigenvalue weighted by molar-refractivity contribution is 0.0503. The number of carbonyl (C=O) groups excluding carboxylic acids is 1. The van der Waals surface area contributed by atoms with Crippen LogP contribution >= 0.6 is 10.7 Å². The van der Waals surface area contributed by atoms with Crippen LogP contribution in [-0.4, -0.2) is 21.0 Å². The molecule has 1 rings (SSSR count). The third-order valence-corrected chi connectivity index (χ3v) is 3.75. The molecule has 0 atom stereocenters. The standard InChI is InChI=1S/C12H15ClO4S/c1-3-7-17-12(14)11-8-10(18(13,15)16)6-5-9(11)4-2/h5-6,8H,3-4,7H2,1-2H3. The van der Waals surface area contributed by atoms with Crippen molar-refractivity contribution in [3.63, 3.8) is 0 Å². The summed E-state index contributed by atoms with van der Waals surface area (Å²) in [6.45, 7) is 4.06. The van der Waals surface area contributed by atoms with Gasteiger partial charge in [-0.1, -0.05) is 19.9 Å². The van der Waals surface area contributed by atoms with E-state index in [4.69, 9.17) is 15.4 Å². The fourth-order valence-electron chi connectivity index (χ4n) is 1.48. The molecule has 0 saturated carbocycles. The Morgan fingerprint density at radius 3 is 2.50 bits per heavy atom. The summed E-state index contributed by atoms with van der Waals surface area (Å²) in [5, 5.41) is 0. The van der Waals surface area contributed by atoms with Crippen molar-refractivity contribution < 1.29 is 17.9 Å². The second-order valence-electron chi connectivity index (χ2n) is 3.75. The van der Waals surface area contributed by atoms with Crippen LogP contribution in [0.1, 0.15) is 36.2 Å². The first-order chi connectivity index (χ1) is 8.40. The van der Waals surface area contributed by atoms with E-state index < -0.39 is 15.0 Å². The molecule has 0 saturated heterocycles. The Bertz CT molecular complexity index is 537. The van der Waals surface area contributed by atoms with Crippen molar-refractivity contribution in [3.05, 3.63) is 29.3 Å². The number of hydrogen-bond donors (Lipinski definition) is 0. The normalized spacial score (nSPS) is 11.3. The predicted molar refractivity (Wildman–Crippen MR) is 69.4 cm³/mol. The lowest BCUT2D eigenvalue weighted by Gasteiger charge is -2.09. The summed E-state index contributed by atoms with van der Waals surface area (Å²) in [5.41, 5.74) is 0.993. The molecule has 0 amide bonds. The van der Waals surface area contributed by atoms with Crippen LogP contribution in [0.25, 0.3) is 0 Å². The maximum atomic E-state index is 11.8. The molecule has 0 heterocycles. The fraction of sp³-hybridized carbons (Fsp3) is 0.417. The molecule has 6 heteroatoms. The smallest absolute Gasteiger partial charge is 0.338 e. The van der Waals surface area contributed by atoms with Crippen LogP contribution in [0.4, 0.5) is 0 Å². The van der Waals surface area contributed by atoms with Gasteiger partial charge in [-0.05, 0) is 30.5 Å². The van der Waals surface area contributed by atoms with Crippen molar-refractivity contribution in [3.8, 4) is 0 Å². The van der Waals surface area contributed by atoms with Crippen LogP contribution in [0.3, 0.4) is 0 Å². The number of ether oxygens (including phenoxy) is 1. The first-order valence-electron chi connectivity index (χ1n) is 5.64. The SMILES string of the molecule is CCCOC(=O)c1cc(S(=O)(=O)Cl)ccc1CC. The highest BCUT2D eigenvalue weighted by atomic mass is 35.7. The Morgan fingerprint density at radius 2 is 2.00 bits per heavy atom. The summed E-state index contributed by atoms with van der Waals surface area (Å²) < 4.78 is 27.5. The largest absolute Gasteiger partial charge is 0.462 e. The van der Waals surface area contributed by atoms with Gasteiger partial charge in [0.1, 0.15) is 0 Å². The summed E-state index contributed by atoms with van der Waals surface area (Å²) in [5.74, 6) is -0.518. The number of rotatable bonds is 5. The van der Waals surface area contributed by atoms with Gasteiger partial charge in [-0.3, -0.25) is 0 Å². The van der Waals surface area contributed by atoms with Crippen molar-refractivity contribution in [2.24, 2.45) is 0 Å². The molecule has 1 aromatic rings. The zero-order valence-electron chi connectivity index (χ0n) is 10.3. The van der Waals surface area contributed by atoms with E-state index in [2.05, 4.69) is 0 Å². The van der Waals surface area contributed by atoms with Gasteiger partial charge in [-0.25, -0.2) is 13.2 Å². The quantitative estimate of drug-likeness (QED) is 0.618. The van der Waals surface area contributed by atoms with Gasteiger partial charge in [-0.2, -0.15) is 0 Å². The van der Waals surface area contributed by atoms with Crippen molar-refractivity contribution in [1.82, 2.24) is 0 Å². The molecule has 0 bridgehead atoms. The van der Waals surface area contributed by atoms with Gasteiger partial charge in [-0.15, -0.1) is 0 Å². The zero-order chi connectivity index (χ0) is 13.8. The number of aryl methyl sites for hydroxylation is 1. The second kappa shape index (κ2) is 6.20. The van der Waals surface area contributed by atoms with Gasteiger partial charge in [0.25, 0.3) is 9.05 Å². The summed E-state index contributed by atoms with van der Waals surface area (Å²) in [4.78, 5) is 11.7. The monoisotopic (exact) mass is 290 g/mol. The molecule has 1 aromatic carbocycles. The number of esters is 1. The molecule has 0 aliphatic rings. The maximum absolute atomic E-state index is 11.8. The van der Waals surface area contributed by atoms with E-state index in [1.54, 1.807) is 6.07 Å². The van der Waals surface area contributed by atoms with Gasteiger partial charge in [0.05, 0.1) is 17.1 Å². The highest BCUT2D eigenvalue weighted by molar-refractivity contribution is 8.13. The number of hydrogen-bond acceptors (Lipinski definition) is 4. The predicted octanol–water partition coefficient (Wildman–Crippen LogP) is 2.74. The van der Waals surface area contributed by atoms with Crippen molar-refractivity contribution in [2.75, 3.05) is 6.61 Å². The van der Waals surface area contributed by atoms with Gasteiger partial charge >= 0.3 is 5.97 Å². The van der Waals surface area contributed by atoms with Crippen LogP contribution in [0.5, 0.6) is 0 Å². The Balaban J connectivity index is 3.18. The molecule has 100 valence electrons. The minimum atomic E-state index is -3.84. The summed E-state index contributed by atoms with van der Waals surface area (Å²) in [6.07, 6.45) is 1.32. The molecule has 0 unspecified atom stereocenters. The van der Waals surface area contributed by atoms with Crippen LogP contribution in [0, 0.1) is 0 Å². The Labute approximate surface area is 111 Å². The molecule has 0 aromatic heterocycles. The summed E-state index contributed by atoms with van der Waals surface area (Å²) >= 11 is 0. The molecule has 0 N–H and O–H groups in total. The zero-order valence-corrected chi connectivity index (χ0v) is 11.8. The maximum Gasteiger partial charge on any atom is 0.338 e. The van der Waals surface area contributed by atoms with Crippen LogP contribution in [0.15, 0.2) is 23.1 Å². The Morgan fingerprint density at radius 1 is 1.33 bits per heavy atom. The van der Waals surface area contributed by atoms with Crippen LogP contribution in [-0.2, 0) is 20.2 Å². The van der Waals surface area contributed by atoms with Crippen molar-refractivity contribution in [2.45, 2.75) is 31.6 Å². The topological polar surface area (TPSA) is 60.4 Å². The molecule has 4 nitrogen and oxygen atoms in total. The first kappa shape index (κ1) is 15.0.